The van der Waals surface area contributed by atoms with Gasteiger partial charge in [-0.2, -0.15) is 0 Å². The average molecular weight is 455 g/mol. The summed E-state index contributed by atoms with van der Waals surface area (Å²) < 4.78 is 6.00. The fourth-order valence-corrected chi connectivity index (χ4v) is 6.64. The summed E-state index contributed by atoms with van der Waals surface area (Å²) in [6.07, 6.45) is 10.7. The summed E-state index contributed by atoms with van der Waals surface area (Å²) in [5.74, 6) is 0.725. The van der Waals surface area contributed by atoms with Crippen molar-refractivity contribution >= 4 is 11.6 Å². The molecule has 3 aliphatic rings. The molecule has 1 saturated heterocycles. The maximum atomic E-state index is 10.2. The molecule has 0 aromatic heterocycles. The Hall–Kier alpha value is -1.39. The normalized spacial score (nSPS) is 29.6. The summed E-state index contributed by atoms with van der Waals surface area (Å²) in [7, 11) is 0. The molecule has 3 fully saturated rings. The predicted octanol–water partition coefficient (Wildman–Crippen LogP) is 6.33. The van der Waals surface area contributed by atoms with Crippen molar-refractivity contribution in [3.05, 3.63) is 69.7 Å². The molecule has 1 heterocycles. The molecule has 5 rings (SSSR count). The second-order valence-electron chi connectivity index (χ2n) is 10.5. The molecule has 4 unspecified atom stereocenters. The first kappa shape index (κ1) is 22.4. The molecule has 0 bridgehead atoms. The average Bonchev–Trinajstić information content (AvgIpc) is 3.45. The quantitative estimate of drug-likeness (QED) is 0.554. The molecule has 2 aromatic carbocycles. The van der Waals surface area contributed by atoms with Gasteiger partial charge in [0.25, 0.3) is 0 Å². The number of aliphatic hydroxyl groups is 2. The van der Waals surface area contributed by atoms with Gasteiger partial charge in [-0.1, -0.05) is 60.8 Å². The Morgan fingerprint density at radius 3 is 2.47 bits per heavy atom. The van der Waals surface area contributed by atoms with Crippen molar-refractivity contribution in [2.75, 3.05) is 6.61 Å². The standard InChI is InChI=1S/C28H35ClO3/c29-26-8-7-21(27-16-24(31)15-25(18-30)32-27)14-23(26)13-19-3-5-20(6-4-19)22-9-12-28(17-22)10-1-2-11-28/h3-8,14,22,24-25,27,30-31H,1-2,9-13,15-18H2. The minimum absolute atomic E-state index is 0.0670. The first-order chi connectivity index (χ1) is 15.5. The lowest BCUT2D eigenvalue weighted by Crippen LogP contribution is -2.33. The predicted molar refractivity (Wildman–Crippen MR) is 128 cm³/mol. The van der Waals surface area contributed by atoms with Crippen LogP contribution >= 0.6 is 11.6 Å². The molecule has 2 aromatic rings. The van der Waals surface area contributed by atoms with Gasteiger partial charge in [-0.05, 0) is 78.2 Å². The van der Waals surface area contributed by atoms with E-state index >= 15 is 0 Å². The first-order valence-electron chi connectivity index (χ1n) is 12.4. The monoisotopic (exact) mass is 454 g/mol. The molecule has 3 nitrogen and oxygen atoms in total. The van der Waals surface area contributed by atoms with E-state index in [1.54, 1.807) is 0 Å². The van der Waals surface area contributed by atoms with Gasteiger partial charge in [-0.3, -0.25) is 0 Å². The maximum absolute atomic E-state index is 10.2. The Morgan fingerprint density at radius 2 is 1.72 bits per heavy atom. The number of benzene rings is 2. The van der Waals surface area contributed by atoms with Crippen molar-refractivity contribution in [2.45, 2.75) is 88.4 Å². The number of rotatable bonds is 5. The molecule has 2 N–H and O–H groups in total. The van der Waals surface area contributed by atoms with Crippen LogP contribution in [0.2, 0.25) is 5.02 Å². The third-order valence-electron chi connectivity index (χ3n) is 8.24. The van der Waals surface area contributed by atoms with Gasteiger partial charge in [-0.15, -0.1) is 0 Å². The largest absolute Gasteiger partial charge is 0.394 e. The van der Waals surface area contributed by atoms with E-state index in [1.165, 1.54) is 56.1 Å². The molecule has 32 heavy (non-hydrogen) atoms. The van der Waals surface area contributed by atoms with E-state index < -0.39 is 6.10 Å². The topological polar surface area (TPSA) is 49.7 Å². The van der Waals surface area contributed by atoms with Crippen LogP contribution < -0.4 is 0 Å². The van der Waals surface area contributed by atoms with Crippen LogP contribution in [0.25, 0.3) is 0 Å². The highest BCUT2D eigenvalue weighted by Gasteiger charge is 2.41. The second kappa shape index (κ2) is 9.46. The lowest BCUT2D eigenvalue weighted by atomic mass is 9.82. The van der Waals surface area contributed by atoms with Gasteiger partial charge in [0, 0.05) is 17.9 Å². The summed E-state index contributed by atoms with van der Waals surface area (Å²) >= 11 is 6.54. The summed E-state index contributed by atoms with van der Waals surface area (Å²) in [6, 6.07) is 15.2. The Morgan fingerprint density at radius 1 is 0.969 bits per heavy atom. The van der Waals surface area contributed by atoms with Gasteiger partial charge in [0.05, 0.1) is 24.9 Å². The SMILES string of the molecule is OCC1CC(O)CC(c2ccc(Cl)c(Cc3ccc(C4CCC5(CCCC5)C4)cc3)c2)O1. The summed E-state index contributed by atoms with van der Waals surface area (Å²) in [6.45, 7) is -0.0670. The van der Waals surface area contributed by atoms with Gasteiger partial charge in [-0.25, -0.2) is 0 Å². The van der Waals surface area contributed by atoms with Crippen LogP contribution in [0.1, 0.15) is 92.1 Å². The van der Waals surface area contributed by atoms with Gasteiger partial charge in [0.15, 0.2) is 0 Å². The molecule has 172 valence electrons. The zero-order valence-electron chi connectivity index (χ0n) is 18.8. The minimum atomic E-state index is -0.448. The Labute approximate surface area is 196 Å². The number of hydrogen-bond acceptors (Lipinski definition) is 3. The van der Waals surface area contributed by atoms with E-state index in [-0.39, 0.29) is 18.8 Å². The highest BCUT2D eigenvalue weighted by molar-refractivity contribution is 6.31. The Kier molecular flexibility index (Phi) is 6.63. The summed E-state index contributed by atoms with van der Waals surface area (Å²) in [5.41, 5.74) is 5.51. The Bertz CT molecular complexity index is 919. The van der Waals surface area contributed by atoms with E-state index in [0.29, 0.717) is 18.3 Å². The number of hydrogen-bond donors (Lipinski definition) is 2. The third-order valence-corrected chi connectivity index (χ3v) is 8.60. The molecule has 1 spiro atoms. The molecular weight excluding hydrogens is 420 g/mol. The van der Waals surface area contributed by atoms with Crippen LogP contribution in [0, 0.1) is 5.41 Å². The highest BCUT2D eigenvalue weighted by Crippen LogP contribution is 2.55. The molecule has 0 radical (unpaired) electrons. The van der Waals surface area contributed by atoms with Crippen LogP contribution in [-0.4, -0.2) is 29.0 Å². The van der Waals surface area contributed by atoms with Gasteiger partial charge in [0.1, 0.15) is 0 Å². The van der Waals surface area contributed by atoms with Gasteiger partial charge < -0.3 is 14.9 Å². The smallest absolute Gasteiger partial charge is 0.0854 e. The number of halogens is 1. The highest BCUT2D eigenvalue weighted by atomic mass is 35.5. The van der Waals surface area contributed by atoms with Crippen molar-refractivity contribution < 1.29 is 14.9 Å². The summed E-state index contributed by atoms with van der Waals surface area (Å²) in [4.78, 5) is 0. The van der Waals surface area contributed by atoms with E-state index in [1.807, 2.05) is 12.1 Å². The van der Waals surface area contributed by atoms with Crippen LogP contribution in [0.3, 0.4) is 0 Å². The van der Waals surface area contributed by atoms with E-state index in [0.717, 1.165) is 28.5 Å². The lowest BCUT2D eigenvalue weighted by Gasteiger charge is -2.32. The maximum Gasteiger partial charge on any atom is 0.0854 e. The van der Waals surface area contributed by atoms with Crippen LogP contribution in [0.15, 0.2) is 42.5 Å². The molecule has 4 atom stereocenters. The van der Waals surface area contributed by atoms with Crippen LogP contribution in [0.4, 0.5) is 0 Å². The van der Waals surface area contributed by atoms with Crippen molar-refractivity contribution in [1.82, 2.24) is 0 Å². The van der Waals surface area contributed by atoms with Crippen molar-refractivity contribution in [2.24, 2.45) is 5.41 Å². The lowest BCUT2D eigenvalue weighted by molar-refractivity contribution is -0.113. The molecule has 4 heteroatoms. The van der Waals surface area contributed by atoms with Crippen molar-refractivity contribution in [1.29, 1.82) is 0 Å². The van der Waals surface area contributed by atoms with E-state index in [9.17, 15) is 10.2 Å². The molecular formula is C28H35ClO3. The number of ether oxygens (including phenoxy) is 1. The van der Waals surface area contributed by atoms with Gasteiger partial charge in [0.2, 0.25) is 0 Å². The van der Waals surface area contributed by atoms with Crippen molar-refractivity contribution in [3.63, 3.8) is 0 Å². The van der Waals surface area contributed by atoms with Crippen LogP contribution in [0.5, 0.6) is 0 Å². The summed E-state index contributed by atoms with van der Waals surface area (Å²) in [5, 5.41) is 20.4. The zero-order chi connectivity index (χ0) is 22.1. The fourth-order valence-electron chi connectivity index (χ4n) is 6.45. The molecule has 2 aliphatic carbocycles. The number of aliphatic hydroxyl groups excluding tert-OH is 2. The molecule has 1 aliphatic heterocycles. The fraction of sp³-hybridized carbons (Fsp3) is 0.571. The molecule has 2 saturated carbocycles. The Balaban J connectivity index is 1.27. The minimum Gasteiger partial charge on any atom is -0.394 e. The zero-order valence-corrected chi connectivity index (χ0v) is 19.6. The van der Waals surface area contributed by atoms with E-state index in [4.69, 9.17) is 16.3 Å². The van der Waals surface area contributed by atoms with E-state index in [2.05, 4.69) is 30.3 Å². The second-order valence-corrected chi connectivity index (χ2v) is 10.9. The van der Waals surface area contributed by atoms with Gasteiger partial charge >= 0.3 is 0 Å². The molecule has 0 amide bonds. The van der Waals surface area contributed by atoms with Crippen molar-refractivity contribution in [3.8, 4) is 0 Å². The van der Waals surface area contributed by atoms with Crippen LogP contribution in [-0.2, 0) is 11.2 Å². The first-order valence-corrected chi connectivity index (χ1v) is 12.7. The third kappa shape index (κ3) is 4.77.